The van der Waals surface area contributed by atoms with E-state index in [1.54, 1.807) is 23.1 Å². The Labute approximate surface area is 127 Å². The molecule has 1 aromatic carbocycles. The van der Waals surface area contributed by atoms with Crippen LogP contribution in [0.25, 0.3) is 16.9 Å². The summed E-state index contributed by atoms with van der Waals surface area (Å²) in [7, 11) is 0. The minimum atomic E-state index is -0.974. The third kappa shape index (κ3) is 2.37. The van der Waals surface area contributed by atoms with Gasteiger partial charge in [-0.1, -0.05) is 25.1 Å². The summed E-state index contributed by atoms with van der Waals surface area (Å²) < 4.78 is 1.70. The summed E-state index contributed by atoms with van der Waals surface area (Å²) in [5.41, 5.74) is 2.90. The van der Waals surface area contributed by atoms with Crippen LogP contribution >= 0.6 is 0 Å². The maximum atomic E-state index is 11.7. The van der Waals surface area contributed by atoms with Gasteiger partial charge in [-0.3, -0.25) is 4.98 Å². The lowest BCUT2D eigenvalue weighted by Gasteiger charge is -2.05. The summed E-state index contributed by atoms with van der Waals surface area (Å²) in [5.74, 6) is -0.974. The molecule has 1 N–H and O–H groups in total. The van der Waals surface area contributed by atoms with E-state index in [0.29, 0.717) is 23.4 Å². The van der Waals surface area contributed by atoms with E-state index in [9.17, 15) is 9.90 Å². The highest BCUT2D eigenvalue weighted by molar-refractivity contribution is 5.96. The molecule has 0 aliphatic carbocycles. The van der Waals surface area contributed by atoms with Crippen molar-refractivity contribution >= 4 is 5.97 Å². The second-order valence-electron chi connectivity index (χ2n) is 4.82. The fraction of sp³-hybridized carbons (Fsp3) is 0.118. The van der Waals surface area contributed by atoms with Gasteiger partial charge in [-0.25, -0.2) is 9.48 Å². The van der Waals surface area contributed by atoms with Crippen LogP contribution in [-0.4, -0.2) is 25.8 Å². The van der Waals surface area contributed by atoms with Crippen molar-refractivity contribution in [2.45, 2.75) is 13.3 Å². The Balaban J connectivity index is 2.27. The Hall–Kier alpha value is -2.95. The standard InChI is InChI=1S/C17H15N3O2/c1-2-14-15(17(21)22)16(12-7-6-10-18-11-12)19-20(14)13-8-4-3-5-9-13/h3-11H,2H2,1H3,(H,21,22). The summed E-state index contributed by atoms with van der Waals surface area (Å²) in [6.45, 7) is 1.93. The molecule has 0 aliphatic rings. The number of hydrogen-bond donors (Lipinski definition) is 1. The summed E-state index contributed by atoms with van der Waals surface area (Å²) in [4.78, 5) is 15.8. The van der Waals surface area contributed by atoms with Crippen LogP contribution < -0.4 is 0 Å². The van der Waals surface area contributed by atoms with Crippen LogP contribution in [-0.2, 0) is 6.42 Å². The number of aromatic carboxylic acids is 1. The fourth-order valence-corrected chi connectivity index (χ4v) is 2.49. The van der Waals surface area contributed by atoms with Crippen LogP contribution in [0.2, 0.25) is 0 Å². The highest BCUT2D eigenvalue weighted by atomic mass is 16.4. The topological polar surface area (TPSA) is 68.0 Å². The van der Waals surface area contributed by atoms with Gasteiger partial charge in [0.05, 0.1) is 11.4 Å². The number of para-hydroxylation sites is 1. The molecule has 3 rings (SSSR count). The molecule has 0 unspecified atom stereocenters. The first-order valence-corrected chi connectivity index (χ1v) is 7.03. The molecule has 0 radical (unpaired) electrons. The largest absolute Gasteiger partial charge is 0.478 e. The predicted molar refractivity (Wildman–Crippen MR) is 83.1 cm³/mol. The van der Waals surface area contributed by atoms with Gasteiger partial charge in [0.25, 0.3) is 0 Å². The maximum Gasteiger partial charge on any atom is 0.339 e. The highest BCUT2D eigenvalue weighted by Gasteiger charge is 2.24. The van der Waals surface area contributed by atoms with Crippen molar-refractivity contribution in [1.29, 1.82) is 0 Å². The summed E-state index contributed by atoms with van der Waals surface area (Å²) >= 11 is 0. The molecule has 2 heterocycles. The smallest absolute Gasteiger partial charge is 0.339 e. The van der Waals surface area contributed by atoms with Gasteiger partial charge < -0.3 is 5.11 Å². The van der Waals surface area contributed by atoms with E-state index < -0.39 is 5.97 Å². The lowest BCUT2D eigenvalue weighted by molar-refractivity contribution is 0.0696. The van der Waals surface area contributed by atoms with E-state index in [0.717, 1.165) is 5.69 Å². The van der Waals surface area contributed by atoms with Crippen LogP contribution in [0.15, 0.2) is 54.9 Å². The average Bonchev–Trinajstić information content (AvgIpc) is 2.96. The van der Waals surface area contributed by atoms with Crippen LogP contribution in [0.1, 0.15) is 23.0 Å². The maximum absolute atomic E-state index is 11.7. The number of benzene rings is 1. The molecule has 0 bridgehead atoms. The van der Waals surface area contributed by atoms with E-state index in [4.69, 9.17) is 0 Å². The first-order chi connectivity index (χ1) is 10.7. The number of carboxylic acid groups (broad SMARTS) is 1. The first kappa shape index (κ1) is 14.0. The molecule has 5 heteroatoms. The quantitative estimate of drug-likeness (QED) is 0.802. The number of pyridine rings is 1. The Morgan fingerprint density at radius 2 is 1.95 bits per heavy atom. The Morgan fingerprint density at radius 1 is 1.18 bits per heavy atom. The molecule has 0 spiro atoms. The summed E-state index contributed by atoms with van der Waals surface area (Å²) in [5, 5.41) is 14.2. The van der Waals surface area contributed by atoms with Crippen molar-refractivity contribution in [2.75, 3.05) is 0 Å². The van der Waals surface area contributed by atoms with Crippen molar-refractivity contribution in [1.82, 2.24) is 14.8 Å². The Bertz CT molecular complexity index is 796. The van der Waals surface area contributed by atoms with Crippen molar-refractivity contribution in [3.8, 4) is 16.9 Å². The molecule has 110 valence electrons. The van der Waals surface area contributed by atoms with Crippen molar-refractivity contribution in [3.63, 3.8) is 0 Å². The first-order valence-electron chi connectivity index (χ1n) is 7.03. The number of carbonyl (C=O) groups is 1. The SMILES string of the molecule is CCc1c(C(=O)O)c(-c2cccnc2)nn1-c1ccccc1. The fourth-order valence-electron chi connectivity index (χ4n) is 2.49. The Morgan fingerprint density at radius 3 is 2.55 bits per heavy atom. The molecule has 0 aliphatic heterocycles. The lowest BCUT2D eigenvalue weighted by Crippen LogP contribution is -2.05. The molecule has 2 aromatic heterocycles. The number of aromatic nitrogens is 3. The van der Waals surface area contributed by atoms with Gasteiger partial charge in [0, 0.05) is 18.0 Å². The minimum Gasteiger partial charge on any atom is -0.478 e. The average molecular weight is 293 g/mol. The van der Waals surface area contributed by atoms with Gasteiger partial charge in [-0.2, -0.15) is 5.10 Å². The molecule has 5 nitrogen and oxygen atoms in total. The van der Waals surface area contributed by atoms with Crippen molar-refractivity contribution in [3.05, 3.63) is 66.1 Å². The van der Waals surface area contributed by atoms with E-state index >= 15 is 0 Å². The second kappa shape index (κ2) is 5.81. The second-order valence-corrected chi connectivity index (χ2v) is 4.82. The molecular formula is C17H15N3O2. The zero-order valence-corrected chi connectivity index (χ0v) is 12.1. The van der Waals surface area contributed by atoms with Crippen LogP contribution in [0.3, 0.4) is 0 Å². The summed E-state index contributed by atoms with van der Waals surface area (Å²) in [6.07, 6.45) is 3.85. The normalized spacial score (nSPS) is 10.6. The van der Waals surface area contributed by atoms with E-state index in [1.807, 2.05) is 43.3 Å². The van der Waals surface area contributed by atoms with Gasteiger partial charge in [0.15, 0.2) is 0 Å². The molecule has 22 heavy (non-hydrogen) atoms. The van der Waals surface area contributed by atoms with Gasteiger partial charge in [-0.05, 0) is 30.7 Å². The minimum absolute atomic E-state index is 0.236. The zero-order chi connectivity index (χ0) is 15.5. The number of nitrogens with zero attached hydrogens (tertiary/aromatic N) is 3. The number of rotatable bonds is 4. The molecule has 0 saturated carbocycles. The van der Waals surface area contributed by atoms with Crippen LogP contribution in [0.5, 0.6) is 0 Å². The van der Waals surface area contributed by atoms with Crippen LogP contribution in [0.4, 0.5) is 0 Å². The van der Waals surface area contributed by atoms with E-state index in [-0.39, 0.29) is 5.56 Å². The third-order valence-electron chi connectivity index (χ3n) is 3.47. The van der Waals surface area contributed by atoms with Crippen molar-refractivity contribution in [2.24, 2.45) is 0 Å². The van der Waals surface area contributed by atoms with Gasteiger partial charge in [0.1, 0.15) is 11.3 Å². The van der Waals surface area contributed by atoms with Gasteiger partial charge in [-0.15, -0.1) is 0 Å². The number of hydrogen-bond acceptors (Lipinski definition) is 3. The molecular weight excluding hydrogens is 278 g/mol. The predicted octanol–water partition coefficient (Wildman–Crippen LogP) is 3.19. The molecule has 0 fully saturated rings. The van der Waals surface area contributed by atoms with E-state index in [1.165, 1.54) is 0 Å². The molecule has 0 amide bonds. The molecule has 0 saturated heterocycles. The Kier molecular flexibility index (Phi) is 3.70. The number of carboxylic acids is 1. The lowest BCUT2D eigenvalue weighted by atomic mass is 10.1. The van der Waals surface area contributed by atoms with Gasteiger partial charge >= 0.3 is 5.97 Å². The van der Waals surface area contributed by atoms with E-state index in [2.05, 4.69) is 10.1 Å². The molecule has 0 atom stereocenters. The zero-order valence-electron chi connectivity index (χ0n) is 12.1. The monoisotopic (exact) mass is 293 g/mol. The van der Waals surface area contributed by atoms with Crippen molar-refractivity contribution < 1.29 is 9.90 Å². The highest BCUT2D eigenvalue weighted by Crippen LogP contribution is 2.27. The third-order valence-corrected chi connectivity index (χ3v) is 3.47. The van der Waals surface area contributed by atoms with Crippen LogP contribution in [0, 0.1) is 0 Å². The molecule has 3 aromatic rings. The summed E-state index contributed by atoms with van der Waals surface area (Å²) in [6, 6.07) is 13.1. The van der Waals surface area contributed by atoms with Gasteiger partial charge in [0.2, 0.25) is 0 Å².